The Balaban J connectivity index is 1.63. The summed E-state index contributed by atoms with van der Waals surface area (Å²) in [4.78, 5) is 14.6. The molecule has 25 heavy (non-hydrogen) atoms. The minimum absolute atomic E-state index is 0.0156. The number of likely N-dealkylation sites (N-methyl/N-ethyl adjacent to an activating group) is 1. The van der Waals surface area contributed by atoms with E-state index in [9.17, 15) is 9.90 Å². The number of fused-ring (bicyclic) bond motifs is 1. The molecule has 0 spiro atoms. The summed E-state index contributed by atoms with van der Waals surface area (Å²) < 4.78 is 13.7. The molecule has 0 saturated carbocycles. The average molecular weight is 366 g/mol. The van der Waals surface area contributed by atoms with Gasteiger partial charge in [-0.25, -0.2) is 0 Å². The van der Waals surface area contributed by atoms with Crippen molar-refractivity contribution >= 4 is 21.6 Å². The molecule has 0 bridgehead atoms. The minimum Gasteiger partial charge on any atom is -0.390 e. The maximum absolute atomic E-state index is 12.6. The van der Waals surface area contributed by atoms with E-state index in [1.807, 2.05) is 37.9 Å². The van der Waals surface area contributed by atoms with Gasteiger partial charge in [0, 0.05) is 13.1 Å². The third-order valence-electron chi connectivity index (χ3n) is 4.35. The zero-order chi connectivity index (χ0) is 18.0. The summed E-state index contributed by atoms with van der Waals surface area (Å²) in [5, 5.41) is 11.2. The van der Waals surface area contributed by atoms with Crippen molar-refractivity contribution < 1.29 is 14.6 Å². The van der Waals surface area contributed by atoms with Crippen LogP contribution in [-0.4, -0.2) is 59.7 Å². The number of hydrogen-bond acceptors (Lipinski definition) is 6. The van der Waals surface area contributed by atoms with Gasteiger partial charge in [0.2, 0.25) is 0 Å². The number of rotatable bonds is 6. The van der Waals surface area contributed by atoms with Crippen molar-refractivity contribution in [2.45, 2.75) is 39.2 Å². The number of aromatic nitrogens is 1. The summed E-state index contributed by atoms with van der Waals surface area (Å²) in [6.45, 7) is 6.79. The van der Waals surface area contributed by atoms with Gasteiger partial charge in [-0.05, 0) is 44.5 Å². The van der Waals surface area contributed by atoms with Gasteiger partial charge in [-0.1, -0.05) is 17.6 Å². The Bertz CT molecular complexity index is 779. The third-order valence-corrected chi connectivity index (χ3v) is 5.40. The predicted octanol–water partition coefficient (Wildman–Crippen LogP) is 1.74. The quantitative estimate of drug-likeness (QED) is 0.844. The molecule has 0 radical (unpaired) electrons. The first kappa shape index (κ1) is 18.5. The standard InChI is InChI=1S/C18H26N2O4S/c1-12-7-13(2)17-15(8-12)25-20(18(17)22)10-14(21)9-19(3)11-16-23-5-4-6-24-16/h7-8,14,16,21H,4-6,9-11H2,1-3H3. The third kappa shape index (κ3) is 4.48. The molecule has 2 heterocycles. The summed E-state index contributed by atoms with van der Waals surface area (Å²) in [5.41, 5.74) is 2.12. The van der Waals surface area contributed by atoms with Crippen molar-refractivity contribution in [1.29, 1.82) is 0 Å². The number of aliphatic hydroxyl groups is 1. The molecule has 138 valence electrons. The summed E-state index contributed by atoms with van der Waals surface area (Å²) >= 11 is 1.42. The number of ether oxygens (including phenoxy) is 2. The van der Waals surface area contributed by atoms with Gasteiger partial charge in [0.25, 0.3) is 5.56 Å². The lowest BCUT2D eigenvalue weighted by Crippen LogP contribution is -2.40. The molecule has 2 aromatic rings. The van der Waals surface area contributed by atoms with Crippen LogP contribution in [-0.2, 0) is 16.0 Å². The zero-order valence-electron chi connectivity index (χ0n) is 15.0. The van der Waals surface area contributed by atoms with Crippen molar-refractivity contribution in [2.24, 2.45) is 0 Å². The van der Waals surface area contributed by atoms with E-state index in [-0.39, 0.29) is 11.8 Å². The molecule has 1 fully saturated rings. The van der Waals surface area contributed by atoms with Crippen LogP contribution in [0.25, 0.3) is 10.1 Å². The van der Waals surface area contributed by atoms with Crippen molar-refractivity contribution in [2.75, 3.05) is 33.4 Å². The Labute approximate surface area is 151 Å². The van der Waals surface area contributed by atoms with E-state index in [1.54, 1.807) is 3.96 Å². The fraction of sp³-hybridized carbons (Fsp3) is 0.611. The molecule has 6 nitrogen and oxygen atoms in total. The topological polar surface area (TPSA) is 63.9 Å². The lowest BCUT2D eigenvalue weighted by Gasteiger charge is -2.28. The molecule has 1 N–H and O–H groups in total. The first-order chi connectivity index (χ1) is 11.9. The van der Waals surface area contributed by atoms with Crippen LogP contribution in [0, 0.1) is 13.8 Å². The molecular weight excluding hydrogens is 340 g/mol. The zero-order valence-corrected chi connectivity index (χ0v) is 15.8. The predicted molar refractivity (Wildman–Crippen MR) is 99.4 cm³/mol. The van der Waals surface area contributed by atoms with E-state index >= 15 is 0 Å². The molecular formula is C18H26N2O4S. The monoisotopic (exact) mass is 366 g/mol. The molecule has 0 aliphatic carbocycles. The normalized spacial score (nSPS) is 17.5. The van der Waals surface area contributed by atoms with Crippen LogP contribution in [0.1, 0.15) is 17.5 Å². The van der Waals surface area contributed by atoms with E-state index in [2.05, 4.69) is 0 Å². The average Bonchev–Trinajstić information content (AvgIpc) is 2.83. The van der Waals surface area contributed by atoms with E-state index < -0.39 is 6.10 Å². The molecule has 3 rings (SSSR count). The van der Waals surface area contributed by atoms with Crippen LogP contribution in [0.4, 0.5) is 0 Å². The van der Waals surface area contributed by atoms with Crippen molar-refractivity contribution in [3.8, 4) is 0 Å². The van der Waals surface area contributed by atoms with Gasteiger partial charge < -0.3 is 14.6 Å². The van der Waals surface area contributed by atoms with E-state index in [4.69, 9.17) is 9.47 Å². The van der Waals surface area contributed by atoms with Crippen molar-refractivity contribution in [1.82, 2.24) is 8.86 Å². The lowest BCUT2D eigenvalue weighted by atomic mass is 10.1. The fourth-order valence-electron chi connectivity index (χ4n) is 3.26. The summed E-state index contributed by atoms with van der Waals surface area (Å²) in [7, 11) is 1.92. The molecule has 1 atom stereocenters. The fourth-order valence-corrected chi connectivity index (χ4v) is 4.50. The number of aryl methyl sites for hydroxylation is 2. The van der Waals surface area contributed by atoms with Crippen LogP contribution in [0.2, 0.25) is 0 Å². The van der Waals surface area contributed by atoms with Gasteiger partial charge >= 0.3 is 0 Å². The summed E-state index contributed by atoms with van der Waals surface area (Å²) in [6.07, 6.45) is 0.0701. The highest BCUT2D eigenvalue weighted by Crippen LogP contribution is 2.22. The number of benzene rings is 1. The number of nitrogens with zero attached hydrogens (tertiary/aromatic N) is 2. The molecule has 1 aromatic heterocycles. The Kier molecular flexibility index (Phi) is 5.91. The number of hydrogen-bond donors (Lipinski definition) is 1. The van der Waals surface area contributed by atoms with E-state index in [1.165, 1.54) is 11.5 Å². The second-order valence-corrected chi connectivity index (χ2v) is 7.88. The maximum atomic E-state index is 12.6. The number of aliphatic hydroxyl groups excluding tert-OH is 1. The lowest BCUT2D eigenvalue weighted by molar-refractivity contribution is -0.186. The van der Waals surface area contributed by atoms with E-state index in [0.717, 1.165) is 40.8 Å². The highest BCUT2D eigenvalue weighted by Gasteiger charge is 2.19. The molecule has 1 saturated heterocycles. The van der Waals surface area contributed by atoms with Gasteiger partial charge in [0.15, 0.2) is 6.29 Å². The second kappa shape index (κ2) is 7.97. The molecule has 1 aliphatic heterocycles. The minimum atomic E-state index is -0.624. The highest BCUT2D eigenvalue weighted by atomic mass is 32.1. The van der Waals surface area contributed by atoms with Crippen LogP contribution in [0.3, 0.4) is 0 Å². The molecule has 1 aromatic carbocycles. The van der Waals surface area contributed by atoms with Crippen LogP contribution in [0.5, 0.6) is 0 Å². The smallest absolute Gasteiger partial charge is 0.268 e. The molecule has 1 unspecified atom stereocenters. The summed E-state index contributed by atoms with van der Waals surface area (Å²) in [6, 6.07) is 4.05. The van der Waals surface area contributed by atoms with Crippen molar-refractivity contribution in [3.63, 3.8) is 0 Å². The molecule has 7 heteroatoms. The SMILES string of the molecule is Cc1cc(C)c2c(=O)n(CC(O)CN(C)CC3OCCCO3)sc2c1. The van der Waals surface area contributed by atoms with Gasteiger partial charge in [-0.15, -0.1) is 0 Å². The summed E-state index contributed by atoms with van der Waals surface area (Å²) in [5.74, 6) is 0. The van der Waals surface area contributed by atoms with Gasteiger partial charge in [-0.3, -0.25) is 13.7 Å². The maximum Gasteiger partial charge on any atom is 0.268 e. The van der Waals surface area contributed by atoms with Crippen molar-refractivity contribution in [3.05, 3.63) is 33.6 Å². The Hall–Kier alpha value is -1.25. The molecule has 0 amide bonds. The van der Waals surface area contributed by atoms with Gasteiger partial charge in [-0.2, -0.15) is 0 Å². The van der Waals surface area contributed by atoms with Crippen LogP contribution < -0.4 is 5.56 Å². The van der Waals surface area contributed by atoms with Gasteiger partial charge in [0.05, 0.1) is 35.9 Å². The Morgan fingerprint density at radius 2 is 2.08 bits per heavy atom. The second-order valence-electron chi connectivity index (χ2n) is 6.81. The first-order valence-electron chi connectivity index (χ1n) is 8.65. The Morgan fingerprint density at radius 1 is 1.36 bits per heavy atom. The Morgan fingerprint density at radius 3 is 2.80 bits per heavy atom. The van der Waals surface area contributed by atoms with Gasteiger partial charge in [0.1, 0.15) is 0 Å². The largest absolute Gasteiger partial charge is 0.390 e. The van der Waals surface area contributed by atoms with Crippen LogP contribution >= 0.6 is 11.5 Å². The molecule has 1 aliphatic rings. The van der Waals surface area contributed by atoms with Crippen LogP contribution in [0.15, 0.2) is 16.9 Å². The highest BCUT2D eigenvalue weighted by molar-refractivity contribution is 7.13. The van der Waals surface area contributed by atoms with E-state index in [0.29, 0.717) is 19.6 Å². The first-order valence-corrected chi connectivity index (χ1v) is 9.42.